The molecule has 0 aromatic heterocycles. The highest BCUT2D eigenvalue weighted by molar-refractivity contribution is 6.21. The molecule has 3 nitrogen and oxygen atoms in total. The second-order valence-corrected chi connectivity index (χ2v) is 6.38. The molecule has 1 heterocycles. The topological polar surface area (TPSA) is 37.4 Å². The molecule has 2 amide bonds. The Morgan fingerprint density at radius 2 is 1.65 bits per heavy atom. The molecule has 2 rings (SSSR count). The van der Waals surface area contributed by atoms with Gasteiger partial charge in [-0.1, -0.05) is 48.8 Å². The molecule has 0 fully saturated rings. The predicted octanol–water partition coefficient (Wildman–Crippen LogP) is 4.76. The maximum Gasteiger partial charge on any atom is 0.261 e. The summed E-state index contributed by atoms with van der Waals surface area (Å²) in [7, 11) is 0. The number of imide groups is 1. The molecule has 1 aromatic carbocycles. The molecule has 0 bridgehead atoms. The third-order valence-corrected chi connectivity index (χ3v) is 4.26. The van der Waals surface area contributed by atoms with E-state index < -0.39 is 0 Å². The first-order valence-corrected chi connectivity index (χ1v) is 8.22. The molecule has 0 N–H and O–H groups in total. The molecule has 1 aliphatic rings. The van der Waals surface area contributed by atoms with Crippen molar-refractivity contribution in [3.63, 3.8) is 0 Å². The number of unbranched alkanes of at least 4 members (excludes halogenated alkanes) is 1. The molecule has 0 saturated carbocycles. The Labute approximate surface area is 138 Å². The van der Waals surface area contributed by atoms with Crippen LogP contribution in [-0.2, 0) is 0 Å². The molecule has 3 heteroatoms. The SMILES string of the molecule is C=C(CC(CCCC)=C(C)C)CN1C(=O)c2ccccc2C1=O. The fourth-order valence-corrected chi connectivity index (χ4v) is 2.87. The van der Waals surface area contributed by atoms with Crippen molar-refractivity contribution in [2.45, 2.75) is 46.5 Å². The van der Waals surface area contributed by atoms with Crippen molar-refractivity contribution < 1.29 is 9.59 Å². The fraction of sp³-hybridized carbons (Fsp3) is 0.400. The monoisotopic (exact) mass is 311 g/mol. The third kappa shape index (κ3) is 3.79. The highest BCUT2D eigenvalue weighted by Crippen LogP contribution is 2.26. The van der Waals surface area contributed by atoms with Gasteiger partial charge in [0, 0.05) is 0 Å². The summed E-state index contributed by atoms with van der Waals surface area (Å²) >= 11 is 0. The molecular weight excluding hydrogens is 286 g/mol. The minimum Gasteiger partial charge on any atom is -0.270 e. The van der Waals surface area contributed by atoms with Gasteiger partial charge in [0.1, 0.15) is 0 Å². The van der Waals surface area contributed by atoms with Crippen LogP contribution >= 0.6 is 0 Å². The minimum absolute atomic E-state index is 0.209. The number of amides is 2. The van der Waals surface area contributed by atoms with Crippen LogP contribution in [0.3, 0.4) is 0 Å². The lowest BCUT2D eigenvalue weighted by Gasteiger charge is -2.17. The zero-order chi connectivity index (χ0) is 17.0. The van der Waals surface area contributed by atoms with Crippen molar-refractivity contribution >= 4 is 11.8 Å². The summed E-state index contributed by atoms with van der Waals surface area (Å²) in [6.45, 7) is 10.8. The number of benzene rings is 1. The molecule has 0 unspecified atom stereocenters. The van der Waals surface area contributed by atoms with Gasteiger partial charge in [0.2, 0.25) is 0 Å². The molecule has 0 radical (unpaired) electrons. The molecule has 0 saturated heterocycles. The van der Waals surface area contributed by atoms with E-state index in [2.05, 4.69) is 27.4 Å². The first-order chi connectivity index (χ1) is 11.0. The number of fused-ring (bicyclic) bond motifs is 1. The number of allylic oxidation sites excluding steroid dienone is 2. The Balaban J connectivity index is 2.06. The Bertz CT molecular complexity index is 631. The summed E-state index contributed by atoms with van der Waals surface area (Å²) in [4.78, 5) is 26.1. The van der Waals surface area contributed by atoms with Crippen molar-refractivity contribution in [3.8, 4) is 0 Å². The van der Waals surface area contributed by atoms with Crippen molar-refractivity contribution in [2.75, 3.05) is 6.54 Å². The lowest BCUT2D eigenvalue weighted by Crippen LogP contribution is -2.31. The van der Waals surface area contributed by atoms with Crippen LogP contribution in [0.5, 0.6) is 0 Å². The van der Waals surface area contributed by atoms with Gasteiger partial charge in [0.25, 0.3) is 11.8 Å². The van der Waals surface area contributed by atoms with Crippen molar-refractivity contribution in [1.29, 1.82) is 0 Å². The summed E-state index contributed by atoms with van der Waals surface area (Å²) in [5, 5.41) is 0. The Morgan fingerprint density at radius 3 is 2.13 bits per heavy atom. The second kappa shape index (κ2) is 7.40. The summed E-state index contributed by atoms with van der Waals surface area (Å²) in [5.74, 6) is -0.418. The van der Waals surface area contributed by atoms with E-state index in [0.717, 1.165) is 31.3 Å². The maximum atomic E-state index is 12.4. The Hall–Kier alpha value is -2.16. The van der Waals surface area contributed by atoms with E-state index in [9.17, 15) is 9.59 Å². The van der Waals surface area contributed by atoms with Gasteiger partial charge in [-0.2, -0.15) is 0 Å². The summed E-state index contributed by atoms with van der Waals surface area (Å²) in [5.41, 5.74) is 4.58. The van der Waals surface area contributed by atoms with Gasteiger partial charge < -0.3 is 0 Å². The molecule has 23 heavy (non-hydrogen) atoms. The van der Waals surface area contributed by atoms with Crippen LogP contribution < -0.4 is 0 Å². The number of carbonyl (C=O) groups is 2. The Kier molecular flexibility index (Phi) is 5.54. The number of hydrogen-bond donors (Lipinski definition) is 0. The molecule has 122 valence electrons. The van der Waals surface area contributed by atoms with Crippen molar-refractivity contribution in [1.82, 2.24) is 4.90 Å². The molecule has 0 atom stereocenters. The van der Waals surface area contributed by atoms with Crippen LogP contribution in [0.15, 0.2) is 47.6 Å². The molecule has 1 aliphatic heterocycles. The van der Waals surface area contributed by atoms with Gasteiger partial charge in [-0.05, 0) is 45.2 Å². The zero-order valence-corrected chi connectivity index (χ0v) is 14.3. The predicted molar refractivity (Wildman–Crippen MR) is 93.5 cm³/mol. The van der Waals surface area contributed by atoms with Crippen molar-refractivity contribution in [2.24, 2.45) is 0 Å². The van der Waals surface area contributed by atoms with E-state index >= 15 is 0 Å². The summed E-state index contributed by atoms with van der Waals surface area (Å²) in [6, 6.07) is 6.99. The summed E-state index contributed by atoms with van der Waals surface area (Å²) < 4.78 is 0. The second-order valence-electron chi connectivity index (χ2n) is 6.38. The fourth-order valence-electron chi connectivity index (χ4n) is 2.87. The van der Waals surface area contributed by atoms with Gasteiger partial charge in [0.05, 0.1) is 17.7 Å². The van der Waals surface area contributed by atoms with E-state index in [0.29, 0.717) is 17.7 Å². The first kappa shape index (κ1) is 17.2. The average Bonchev–Trinajstić information content (AvgIpc) is 2.76. The van der Waals surface area contributed by atoms with E-state index in [1.165, 1.54) is 16.0 Å². The number of hydrogen-bond acceptors (Lipinski definition) is 2. The van der Waals surface area contributed by atoms with Gasteiger partial charge in [-0.3, -0.25) is 14.5 Å². The van der Waals surface area contributed by atoms with Gasteiger partial charge >= 0.3 is 0 Å². The highest BCUT2D eigenvalue weighted by atomic mass is 16.2. The standard InChI is InChI=1S/C20H25NO2/c1-5-6-9-16(14(2)3)12-15(4)13-21-19(22)17-10-7-8-11-18(17)20(21)23/h7-8,10-11H,4-6,9,12-13H2,1-3H3. The van der Waals surface area contributed by atoms with E-state index in [1.54, 1.807) is 24.3 Å². The van der Waals surface area contributed by atoms with Gasteiger partial charge in [-0.15, -0.1) is 0 Å². The molecule has 0 spiro atoms. The molecule has 0 aliphatic carbocycles. The van der Waals surface area contributed by atoms with Gasteiger partial charge in [0.15, 0.2) is 0 Å². The van der Waals surface area contributed by atoms with Crippen LogP contribution in [0.1, 0.15) is 67.2 Å². The number of rotatable bonds is 7. The van der Waals surface area contributed by atoms with Crippen LogP contribution in [0.4, 0.5) is 0 Å². The van der Waals surface area contributed by atoms with Crippen LogP contribution in [-0.4, -0.2) is 23.3 Å². The largest absolute Gasteiger partial charge is 0.270 e. The van der Waals surface area contributed by atoms with E-state index in [4.69, 9.17) is 0 Å². The van der Waals surface area contributed by atoms with Crippen LogP contribution in [0, 0.1) is 0 Å². The summed E-state index contributed by atoms with van der Waals surface area (Å²) in [6.07, 6.45) is 4.12. The van der Waals surface area contributed by atoms with E-state index in [1.807, 2.05) is 0 Å². The lowest BCUT2D eigenvalue weighted by atomic mass is 9.97. The van der Waals surface area contributed by atoms with Gasteiger partial charge in [-0.25, -0.2) is 0 Å². The smallest absolute Gasteiger partial charge is 0.261 e. The lowest BCUT2D eigenvalue weighted by molar-refractivity contribution is 0.0667. The number of carbonyl (C=O) groups excluding carboxylic acids is 2. The molecule has 1 aromatic rings. The minimum atomic E-state index is -0.209. The van der Waals surface area contributed by atoms with Crippen molar-refractivity contribution in [3.05, 3.63) is 58.7 Å². The van der Waals surface area contributed by atoms with Crippen LogP contribution in [0.2, 0.25) is 0 Å². The number of nitrogens with zero attached hydrogens (tertiary/aromatic N) is 1. The molecular formula is C20H25NO2. The zero-order valence-electron chi connectivity index (χ0n) is 14.3. The average molecular weight is 311 g/mol. The first-order valence-electron chi connectivity index (χ1n) is 8.22. The highest BCUT2D eigenvalue weighted by Gasteiger charge is 2.35. The third-order valence-electron chi connectivity index (χ3n) is 4.26. The normalized spacial score (nSPS) is 13.3. The van der Waals surface area contributed by atoms with E-state index in [-0.39, 0.29) is 11.8 Å². The Morgan fingerprint density at radius 1 is 1.09 bits per heavy atom. The maximum absolute atomic E-state index is 12.4. The van der Waals surface area contributed by atoms with Crippen LogP contribution in [0.25, 0.3) is 0 Å². The quantitative estimate of drug-likeness (QED) is 0.538.